The van der Waals surface area contributed by atoms with Gasteiger partial charge in [-0.3, -0.25) is 4.79 Å². The van der Waals surface area contributed by atoms with Crippen LogP contribution in [0.2, 0.25) is 0 Å². The van der Waals surface area contributed by atoms with Crippen molar-refractivity contribution in [1.82, 2.24) is 4.31 Å². The van der Waals surface area contributed by atoms with E-state index in [1.807, 2.05) is 0 Å². The van der Waals surface area contributed by atoms with Gasteiger partial charge in [0.15, 0.2) is 12.4 Å². The average molecular weight is 483 g/mol. The standard InChI is InChI=1S/C20H22N2O8S2/c1-29-19-9-8-16(31(21,25)26)12-17(19)20(24)30-13-18(23)14-4-6-15(7-5-14)32(27,28)22-10-2-3-11-22/h4-9,12H,2-3,10-11,13H2,1H3,(H2,21,25,26). The van der Waals surface area contributed by atoms with Crippen LogP contribution in [0.15, 0.2) is 52.3 Å². The number of ether oxygens (including phenoxy) is 2. The maximum atomic E-state index is 12.6. The number of esters is 1. The zero-order valence-electron chi connectivity index (χ0n) is 17.2. The van der Waals surface area contributed by atoms with Gasteiger partial charge in [0.05, 0.1) is 16.9 Å². The van der Waals surface area contributed by atoms with Gasteiger partial charge in [-0.15, -0.1) is 0 Å². The van der Waals surface area contributed by atoms with E-state index in [4.69, 9.17) is 14.6 Å². The summed E-state index contributed by atoms with van der Waals surface area (Å²) < 4.78 is 59.6. The van der Waals surface area contributed by atoms with Gasteiger partial charge in [0, 0.05) is 18.7 Å². The minimum absolute atomic E-state index is 0.0475. The molecule has 1 saturated heterocycles. The fourth-order valence-electron chi connectivity index (χ4n) is 3.21. The Morgan fingerprint density at radius 1 is 0.969 bits per heavy atom. The molecule has 172 valence electrons. The lowest BCUT2D eigenvalue weighted by Crippen LogP contribution is -2.27. The van der Waals surface area contributed by atoms with Crippen molar-refractivity contribution in [3.05, 3.63) is 53.6 Å². The second-order valence-electron chi connectivity index (χ2n) is 7.04. The number of hydrogen-bond acceptors (Lipinski definition) is 8. The van der Waals surface area contributed by atoms with Crippen LogP contribution in [-0.2, 0) is 24.8 Å². The highest BCUT2D eigenvalue weighted by atomic mass is 32.2. The monoisotopic (exact) mass is 482 g/mol. The van der Waals surface area contributed by atoms with Crippen LogP contribution in [0.4, 0.5) is 0 Å². The molecule has 0 atom stereocenters. The van der Waals surface area contributed by atoms with Gasteiger partial charge in [-0.05, 0) is 55.3 Å². The molecule has 2 aromatic rings. The van der Waals surface area contributed by atoms with Gasteiger partial charge >= 0.3 is 5.97 Å². The quantitative estimate of drug-likeness (QED) is 0.435. The number of Topliss-reactive ketones (excluding diaryl/α,β-unsaturated/α-hetero) is 1. The number of carbonyl (C=O) groups is 2. The Morgan fingerprint density at radius 3 is 2.12 bits per heavy atom. The minimum Gasteiger partial charge on any atom is -0.496 e. The van der Waals surface area contributed by atoms with Gasteiger partial charge in [-0.2, -0.15) is 4.31 Å². The number of hydrogen-bond donors (Lipinski definition) is 1. The van der Waals surface area contributed by atoms with Crippen LogP contribution in [0.5, 0.6) is 5.75 Å². The zero-order valence-corrected chi connectivity index (χ0v) is 18.8. The molecule has 2 aromatic carbocycles. The van der Waals surface area contributed by atoms with Crippen LogP contribution >= 0.6 is 0 Å². The number of rotatable bonds is 8. The van der Waals surface area contributed by atoms with Crippen LogP contribution in [-0.4, -0.2) is 59.7 Å². The molecule has 3 rings (SSSR count). The summed E-state index contributed by atoms with van der Waals surface area (Å²) in [5, 5.41) is 5.08. The molecular weight excluding hydrogens is 460 g/mol. The molecule has 0 amide bonds. The summed E-state index contributed by atoms with van der Waals surface area (Å²) in [6.45, 7) is 0.296. The third-order valence-electron chi connectivity index (χ3n) is 4.93. The van der Waals surface area contributed by atoms with E-state index in [9.17, 15) is 26.4 Å². The smallest absolute Gasteiger partial charge is 0.342 e. The molecule has 32 heavy (non-hydrogen) atoms. The van der Waals surface area contributed by atoms with Crippen molar-refractivity contribution in [2.45, 2.75) is 22.6 Å². The molecule has 2 N–H and O–H groups in total. The molecule has 0 unspecified atom stereocenters. The Kier molecular flexibility index (Phi) is 6.98. The Labute approximate surface area is 186 Å². The summed E-state index contributed by atoms with van der Waals surface area (Å²) in [6, 6.07) is 8.79. The van der Waals surface area contributed by atoms with E-state index in [1.165, 1.54) is 47.8 Å². The molecule has 0 aromatic heterocycles. The third-order valence-corrected chi connectivity index (χ3v) is 7.76. The lowest BCUT2D eigenvalue weighted by atomic mass is 10.1. The first-order valence-corrected chi connectivity index (χ1v) is 12.5. The third kappa shape index (κ3) is 5.15. The fourth-order valence-corrected chi connectivity index (χ4v) is 5.26. The molecule has 0 radical (unpaired) electrons. The number of carbonyl (C=O) groups excluding carboxylic acids is 2. The predicted molar refractivity (Wildman–Crippen MR) is 113 cm³/mol. The van der Waals surface area contributed by atoms with Crippen molar-refractivity contribution in [3.8, 4) is 5.75 Å². The molecule has 1 fully saturated rings. The number of primary sulfonamides is 1. The normalized spacial score (nSPS) is 14.8. The SMILES string of the molecule is COc1ccc(S(N)(=O)=O)cc1C(=O)OCC(=O)c1ccc(S(=O)(=O)N2CCCC2)cc1. The van der Waals surface area contributed by atoms with Crippen molar-refractivity contribution in [3.63, 3.8) is 0 Å². The molecular formula is C20H22N2O8S2. The number of methoxy groups -OCH3 is 1. The van der Waals surface area contributed by atoms with Gasteiger partial charge in [-0.1, -0.05) is 0 Å². The minimum atomic E-state index is -4.06. The zero-order chi connectivity index (χ0) is 23.5. The number of nitrogens with zero attached hydrogens (tertiary/aromatic N) is 1. The highest BCUT2D eigenvalue weighted by Crippen LogP contribution is 2.24. The van der Waals surface area contributed by atoms with Crippen LogP contribution in [0, 0.1) is 0 Å². The van der Waals surface area contributed by atoms with E-state index in [2.05, 4.69) is 0 Å². The van der Waals surface area contributed by atoms with Crippen molar-refractivity contribution in [2.24, 2.45) is 5.14 Å². The lowest BCUT2D eigenvalue weighted by Gasteiger charge is -2.15. The predicted octanol–water partition coefficient (Wildman–Crippen LogP) is 1.17. The van der Waals surface area contributed by atoms with Gasteiger partial charge in [0.1, 0.15) is 11.3 Å². The second-order valence-corrected chi connectivity index (χ2v) is 10.5. The van der Waals surface area contributed by atoms with E-state index < -0.39 is 38.4 Å². The second kappa shape index (κ2) is 9.36. The summed E-state index contributed by atoms with van der Waals surface area (Å²) in [7, 11) is -6.38. The number of nitrogens with two attached hydrogens (primary N) is 1. The van der Waals surface area contributed by atoms with Crippen LogP contribution in [0.25, 0.3) is 0 Å². The maximum Gasteiger partial charge on any atom is 0.342 e. The van der Waals surface area contributed by atoms with Crippen molar-refractivity contribution >= 4 is 31.8 Å². The van der Waals surface area contributed by atoms with E-state index in [-0.39, 0.29) is 26.7 Å². The molecule has 0 bridgehead atoms. The molecule has 10 nitrogen and oxygen atoms in total. The van der Waals surface area contributed by atoms with Crippen LogP contribution < -0.4 is 9.88 Å². The Morgan fingerprint density at radius 2 is 1.56 bits per heavy atom. The first kappa shape index (κ1) is 23.9. The summed E-state index contributed by atoms with van der Waals surface area (Å²) in [4.78, 5) is 24.6. The van der Waals surface area contributed by atoms with E-state index in [0.717, 1.165) is 18.9 Å². The number of benzene rings is 2. The molecule has 1 aliphatic rings. The molecule has 1 aliphatic heterocycles. The van der Waals surface area contributed by atoms with Gasteiger partial charge < -0.3 is 9.47 Å². The highest BCUT2D eigenvalue weighted by Gasteiger charge is 2.27. The first-order valence-electron chi connectivity index (χ1n) is 9.55. The molecule has 0 spiro atoms. The number of sulfonamides is 2. The van der Waals surface area contributed by atoms with Gasteiger partial charge in [0.25, 0.3) is 0 Å². The van der Waals surface area contributed by atoms with Crippen LogP contribution in [0.1, 0.15) is 33.6 Å². The summed E-state index contributed by atoms with van der Waals surface area (Å²) >= 11 is 0. The van der Waals surface area contributed by atoms with Gasteiger partial charge in [-0.25, -0.2) is 26.8 Å². The maximum absolute atomic E-state index is 12.6. The van der Waals surface area contributed by atoms with Crippen molar-refractivity contribution in [1.29, 1.82) is 0 Å². The molecule has 1 heterocycles. The first-order chi connectivity index (χ1) is 15.0. The fraction of sp³-hybridized carbons (Fsp3) is 0.300. The topological polar surface area (TPSA) is 150 Å². The molecule has 0 saturated carbocycles. The van der Waals surface area contributed by atoms with E-state index >= 15 is 0 Å². The van der Waals surface area contributed by atoms with E-state index in [1.54, 1.807) is 0 Å². The highest BCUT2D eigenvalue weighted by molar-refractivity contribution is 7.89. The largest absolute Gasteiger partial charge is 0.496 e. The average Bonchev–Trinajstić information content (AvgIpc) is 3.32. The Balaban J connectivity index is 1.70. The summed E-state index contributed by atoms with van der Waals surface area (Å²) in [5.41, 5.74) is -0.0534. The molecule has 12 heteroatoms. The van der Waals surface area contributed by atoms with Crippen molar-refractivity contribution < 1.29 is 35.9 Å². The molecule has 0 aliphatic carbocycles. The Bertz CT molecular complexity index is 1230. The van der Waals surface area contributed by atoms with E-state index in [0.29, 0.717) is 13.1 Å². The lowest BCUT2D eigenvalue weighted by molar-refractivity contribution is 0.0471. The van der Waals surface area contributed by atoms with Gasteiger partial charge in [0.2, 0.25) is 20.0 Å². The summed E-state index contributed by atoms with van der Waals surface area (Å²) in [6.07, 6.45) is 1.62. The van der Waals surface area contributed by atoms with Crippen molar-refractivity contribution in [2.75, 3.05) is 26.8 Å². The summed E-state index contributed by atoms with van der Waals surface area (Å²) in [5.74, 6) is -1.50. The Hall–Kier alpha value is -2.80. The van der Waals surface area contributed by atoms with Crippen LogP contribution in [0.3, 0.4) is 0 Å². The number of ketones is 1.